The number of ether oxygens (including phenoxy) is 1. The summed E-state index contributed by atoms with van der Waals surface area (Å²) in [6, 6.07) is 4.65. The van der Waals surface area contributed by atoms with Gasteiger partial charge in [0.05, 0.1) is 5.69 Å². The highest BCUT2D eigenvalue weighted by atomic mass is 19.4. The van der Waals surface area contributed by atoms with Crippen LogP contribution in [0.1, 0.15) is 0 Å². The van der Waals surface area contributed by atoms with Gasteiger partial charge in [0.1, 0.15) is 12.1 Å². The van der Waals surface area contributed by atoms with E-state index in [4.69, 9.17) is 0 Å². The molecule has 1 aromatic heterocycles. The lowest BCUT2D eigenvalue weighted by atomic mass is 10.1. The van der Waals surface area contributed by atoms with Gasteiger partial charge >= 0.3 is 6.36 Å². The molecule has 0 amide bonds. The second kappa shape index (κ2) is 5.32. The number of rotatable bonds is 3. The van der Waals surface area contributed by atoms with Gasteiger partial charge in [0.15, 0.2) is 11.6 Å². The Kier molecular flexibility index (Phi) is 3.73. The van der Waals surface area contributed by atoms with Crippen molar-refractivity contribution in [1.29, 1.82) is 0 Å². The second-order valence-electron chi connectivity index (χ2n) is 3.73. The van der Waals surface area contributed by atoms with Gasteiger partial charge in [-0.2, -0.15) is 0 Å². The summed E-state index contributed by atoms with van der Waals surface area (Å²) in [4.78, 5) is 7.80. The molecule has 0 spiro atoms. The molecule has 1 aromatic carbocycles. The van der Waals surface area contributed by atoms with Gasteiger partial charge in [0.25, 0.3) is 0 Å². The van der Waals surface area contributed by atoms with E-state index in [2.05, 4.69) is 20.0 Å². The normalized spacial score (nSPS) is 11.2. The zero-order valence-electron chi connectivity index (χ0n) is 10.2. The lowest BCUT2D eigenvalue weighted by Crippen LogP contribution is -2.17. The molecule has 0 fully saturated rings. The molecule has 0 aliphatic heterocycles. The Hall–Kier alpha value is -2.38. The van der Waals surface area contributed by atoms with E-state index in [1.807, 2.05) is 0 Å². The molecule has 0 saturated heterocycles. The molecular weight excluding hydrogens is 278 g/mol. The molecule has 0 atom stereocenters. The molecule has 0 unspecified atom stereocenters. The molecular formula is C12H9F4N3O. The molecule has 0 radical (unpaired) electrons. The fourth-order valence-corrected chi connectivity index (χ4v) is 1.52. The summed E-state index contributed by atoms with van der Waals surface area (Å²) in [7, 11) is 1.65. The summed E-state index contributed by atoms with van der Waals surface area (Å²) in [6.07, 6.45) is -3.67. The van der Waals surface area contributed by atoms with Crippen molar-refractivity contribution in [3.8, 4) is 17.0 Å². The van der Waals surface area contributed by atoms with Crippen molar-refractivity contribution in [1.82, 2.24) is 9.97 Å². The summed E-state index contributed by atoms with van der Waals surface area (Å²) >= 11 is 0. The largest absolute Gasteiger partial charge is 0.573 e. The van der Waals surface area contributed by atoms with Gasteiger partial charge < -0.3 is 10.1 Å². The van der Waals surface area contributed by atoms with Crippen LogP contribution in [0.4, 0.5) is 23.4 Å². The van der Waals surface area contributed by atoms with Crippen molar-refractivity contribution in [3.63, 3.8) is 0 Å². The first-order valence-corrected chi connectivity index (χ1v) is 5.44. The third-order valence-electron chi connectivity index (χ3n) is 2.38. The van der Waals surface area contributed by atoms with Gasteiger partial charge in [-0.1, -0.05) is 0 Å². The molecule has 106 valence electrons. The topological polar surface area (TPSA) is 47.0 Å². The Morgan fingerprint density at radius 1 is 1.15 bits per heavy atom. The van der Waals surface area contributed by atoms with Crippen molar-refractivity contribution in [2.75, 3.05) is 12.4 Å². The lowest BCUT2D eigenvalue weighted by molar-refractivity contribution is -0.275. The number of anilines is 1. The summed E-state index contributed by atoms with van der Waals surface area (Å²) in [5, 5.41) is 2.78. The van der Waals surface area contributed by atoms with Gasteiger partial charge in [0.2, 0.25) is 0 Å². The second-order valence-corrected chi connectivity index (χ2v) is 3.73. The predicted octanol–water partition coefficient (Wildman–Crippen LogP) is 3.22. The number of alkyl halides is 3. The van der Waals surface area contributed by atoms with E-state index in [-0.39, 0.29) is 0 Å². The zero-order chi connectivity index (χ0) is 14.8. The zero-order valence-corrected chi connectivity index (χ0v) is 10.2. The summed E-state index contributed by atoms with van der Waals surface area (Å²) in [6.45, 7) is 0. The number of hydrogen-bond donors (Lipinski definition) is 1. The van der Waals surface area contributed by atoms with Crippen LogP contribution in [0.25, 0.3) is 11.3 Å². The first-order valence-electron chi connectivity index (χ1n) is 5.44. The average molecular weight is 287 g/mol. The van der Waals surface area contributed by atoms with Crippen LogP contribution in [-0.2, 0) is 0 Å². The number of benzene rings is 1. The van der Waals surface area contributed by atoms with Gasteiger partial charge in [-0.3, -0.25) is 0 Å². The Morgan fingerprint density at radius 2 is 1.90 bits per heavy atom. The Bertz CT molecular complexity index is 616. The number of halogens is 4. The van der Waals surface area contributed by atoms with E-state index in [1.165, 1.54) is 12.4 Å². The molecule has 0 aliphatic rings. The molecule has 20 heavy (non-hydrogen) atoms. The van der Waals surface area contributed by atoms with E-state index in [1.54, 1.807) is 13.1 Å². The van der Waals surface area contributed by atoms with Crippen LogP contribution in [-0.4, -0.2) is 23.4 Å². The first kappa shape index (κ1) is 14.0. The Morgan fingerprint density at radius 3 is 2.50 bits per heavy atom. The van der Waals surface area contributed by atoms with Crippen molar-refractivity contribution < 1.29 is 22.3 Å². The first-order chi connectivity index (χ1) is 9.39. The third kappa shape index (κ3) is 3.34. The highest BCUT2D eigenvalue weighted by Crippen LogP contribution is 2.29. The van der Waals surface area contributed by atoms with Crippen LogP contribution in [0.2, 0.25) is 0 Å². The van der Waals surface area contributed by atoms with E-state index in [0.717, 1.165) is 12.1 Å². The highest BCUT2D eigenvalue weighted by molar-refractivity contribution is 5.63. The standard InChI is InChI=1S/C12H9F4N3O/c1-17-11-5-9(18-6-19-11)7-2-3-10(8(13)4-7)20-12(14,15)16/h2-6H,1H3,(H,17,18,19). The average Bonchev–Trinajstić information content (AvgIpc) is 2.40. The lowest BCUT2D eigenvalue weighted by Gasteiger charge is -2.10. The number of nitrogens with one attached hydrogen (secondary N) is 1. The maximum atomic E-state index is 13.6. The fraction of sp³-hybridized carbons (Fsp3) is 0.167. The minimum Gasteiger partial charge on any atom is -0.403 e. The van der Waals surface area contributed by atoms with Crippen LogP contribution in [0.5, 0.6) is 5.75 Å². The van der Waals surface area contributed by atoms with E-state index >= 15 is 0 Å². The minimum absolute atomic E-state index is 0.316. The number of nitrogens with zero attached hydrogens (tertiary/aromatic N) is 2. The van der Waals surface area contributed by atoms with Gasteiger partial charge in [0, 0.05) is 18.7 Å². The Labute approximate surface area is 111 Å². The molecule has 1 heterocycles. The third-order valence-corrected chi connectivity index (χ3v) is 2.38. The highest BCUT2D eigenvalue weighted by Gasteiger charge is 2.32. The molecule has 2 aromatic rings. The van der Waals surface area contributed by atoms with Crippen LogP contribution < -0.4 is 10.1 Å². The van der Waals surface area contributed by atoms with Crippen molar-refractivity contribution in [2.24, 2.45) is 0 Å². The smallest absolute Gasteiger partial charge is 0.403 e. The number of aromatic nitrogens is 2. The van der Waals surface area contributed by atoms with Crippen molar-refractivity contribution in [2.45, 2.75) is 6.36 Å². The van der Waals surface area contributed by atoms with Gasteiger partial charge in [-0.25, -0.2) is 14.4 Å². The molecule has 4 nitrogen and oxygen atoms in total. The van der Waals surface area contributed by atoms with E-state index in [9.17, 15) is 17.6 Å². The van der Waals surface area contributed by atoms with E-state index < -0.39 is 17.9 Å². The molecule has 1 N–H and O–H groups in total. The monoisotopic (exact) mass is 287 g/mol. The molecule has 0 bridgehead atoms. The van der Waals surface area contributed by atoms with Crippen LogP contribution in [0, 0.1) is 5.82 Å². The van der Waals surface area contributed by atoms with Crippen LogP contribution in [0.15, 0.2) is 30.6 Å². The number of hydrogen-bond acceptors (Lipinski definition) is 4. The van der Waals surface area contributed by atoms with Gasteiger partial charge in [-0.15, -0.1) is 13.2 Å². The van der Waals surface area contributed by atoms with Crippen LogP contribution >= 0.6 is 0 Å². The van der Waals surface area contributed by atoms with E-state index in [0.29, 0.717) is 17.1 Å². The molecule has 8 heteroatoms. The predicted molar refractivity (Wildman–Crippen MR) is 63.7 cm³/mol. The maximum Gasteiger partial charge on any atom is 0.573 e. The SMILES string of the molecule is CNc1cc(-c2ccc(OC(F)(F)F)c(F)c2)ncn1. The maximum absolute atomic E-state index is 13.6. The molecule has 0 aliphatic carbocycles. The molecule has 2 rings (SSSR count). The van der Waals surface area contributed by atoms with Crippen molar-refractivity contribution >= 4 is 5.82 Å². The van der Waals surface area contributed by atoms with Crippen molar-refractivity contribution in [3.05, 3.63) is 36.4 Å². The minimum atomic E-state index is -4.93. The van der Waals surface area contributed by atoms with Crippen LogP contribution in [0.3, 0.4) is 0 Å². The summed E-state index contributed by atoms with van der Waals surface area (Å²) in [5.74, 6) is -1.50. The quantitative estimate of drug-likeness (QED) is 0.880. The molecule has 0 saturated carbocycles. The fourth-order valence-electron chi connectivity index (χ4n) is 1.52. The summed E-state index contributed by atoms with van der Waals surface area (Å²) < 4.78 is 53.2. The Balaban J connectivity index is 2.33. The summed E-state index contributed by atoms with van der Waals surface area (Å²) in [5.41, 5.74) is 0.692. The van der Waals surface area contributed by atoms with Gasteiger partial charge in [-0.05, 0) is 18.2 Å².